The van der Waals surface area contributed by atoms with E-state index in [1.54, 1.807) is 6.08 Å². The van der Waals surface area contributed by atoms with Gasteiger partial charge in [0.25, 0.3) is 5.66 Å². The van der Waals surface area contributed by atoms with Crippen LogP contribution in [0.3, 0.4) is 0 Å². The molecule has 0 aromatic carbocycles. The molecule has 2 rings (SSSR count). The molecule has 4 nitrogen and oxygen atoms in total. The molecule has 13 heavy (non-hydrogen) atoms. The molecule has 1 atom stereocenters. The molecule has 2 N–H and O–H groups in total. The maximum Gasteiger partial charge on any atom is 0.295 e. The monoisotopic (exact) mass is 180 g/mol. The van der Waals surface area contributed by atoms with Gasteiger partial charge in [-0.3, -0.25) is 15.8 Å². The summed E-state index contributed by atoms with van der Waals surface area (Å²) in [4.78, 5) is 10.3. The molecule has 1 saturated carbocycles. The number of hydrogen-bond donors (Lipinski definition) is 1. The zero-order chi connectivity index (χ0) is 9.47. The van der Waals surface area contributed by atoms with E-state index in [4.69, 9.17) is 5.73 Å². The molecule has 0 saturated heterocycles. The van der Waals surface area contributed by atoms with Gasteiger partial charge in [0.1, 0.15) is 0 Å². The molecule has 0 amide bonds. The van der Waals surface area contributed by atoms with Gasteiger partial charge in [0.2, 0.25) is 0 Å². The summed E-state index contributed by atoms with van der Waals surface area (Å²) in [5.41, 5.74) is 6.65. The van der Waals surface area contributed by atoms with Gasteiger partial charge in [0, 0.05) is 11.0 Å². The van der Waals surface area contributed by atoms with E-state index >= 15 is 0 Å². The molecule has 0 bridgehead atoms. The smallest absolute Gasteiger partial charge is 0.262 e. The molecule has 0 aromatic rings. The van der Waals surface area contributed by atoms with Crippen molar-refractivity contribution in [3.8, 4) is 0 Å². The van der Waals surface area contributed by atoms with Crippen molar-refractivity contribution < 1.29 is 4.92 Å². The van der Waals surface area contributed by atoms with Crippen molar-refractivity contribution in [3.05, 3.63) is 33.4 Å². The Hall–Kier alpha value is -1.16. The summed E-state index contributed by atoms with van der Waals surface area (Å²) in [6, 6.07) is 0. The van der Waals surface area contributed by atoms with Crippen LogP contribution in [0.2, 0.25) is 0 Å². The third-order valence-corrected chi connectivity index (χ3v) is 2.74. The van der Waals surface area contributed by atoms with E-state index < -0.39 is 10.6 Å². The first-order valence-corrected chi connectivity index (χ1v) is 4.46. The van der Waals surface area contributed by atoms with E-state index in [0.29, 0.717) is 6.42 Å². The molecule has 0 aliphatic heterocycles. The first-order valence-electron chi connectivity index (χ1n) is 4.46. The predicted octanol–water partition coefficient (Wildman–Crippen LogP) is 1.36. The lowest BCUT2D eigenvalue weighted by molar-refractivity contribution is -0.553. The Bertz CT molecular complexity index is 320. The number of nitrogens with two attached hydrogens (primary N) is 1. The van der Waals surface area contributed by atoms with Crippen LogP contribution in [0, 0.1) is 10.1 Å². The van der Waals surface area contributed by atoms with Gasteiger partial charge in [0.05, 0.1) is 6.42 Å². The van der Waals surface area contributed by atoms with Crippen molar-refractivity contribution in [1.29, 1.82) is 0 Å². The maximum absolute atomic E-state index is 10.7. The largest absolute Gasteiger partial charge is 0.295 e. The van der Waals surface area contributed by atoms with E-state index in [1.165, 1.54) is 5.57 Å². The highest BCUT2D eigenvalue weighted by Gasteiger charge is 2.38. The summed E-state index contributed by atoms with van der Waals surface area (Å²) in [5, 5.41) is 10.7. The first kappa shape index (κ1) is 8.44. The Morgan fingerprint density at radius 3 is 2.85 bits per heavy atom. The average molecular weight is 180 g/mol. The number of allylic oxidation sites excluding steroid dienone is 2. The molecule has 1 unspecified atom stereocenters. The van der Waals surface area contributed by atoms with E-state index in [9.17, 15) is 10.1 Å². The number of fused-ring (bicyclic) bond motifs is 1. The van der Waals surface area contributed by atoms with Crippen molar-refractivity contribution in [1.82, 2.24) is 0 Å². The number of rotatable bonds is 1. The number of hydrogen-bond acceptors (Lipinski definition) is 3. The Morgan fingerprint density at radius 1 is 1.46 bits per heavy atom. The number of nitrogens with zero attached hydrogens (tertiary/aromatic N) is 1. The molecule has 1 fully saturated rings. The minimum absolute atomic E-state index is 0.332. The quantitative estimate of drug-likeness (QED) is 0.376. The van der Waals surface area contributed by atoms with E-state index in [0.717, 1.165) is 24.8 Å². The fourth-order valence-electron chi connectivity index (χ4n) is 1.96. The Balaban J connectivity index is 2.32. The molecule has 4 heteroatoms. The van der Waals surface area contributed by atoms with Crippen LogP contribution in [0.1, 0.15) is 25.7 Å². The van der Waals surface area contributed by atoms with Gasteiger partial charge in [-0.1, -0.05) is 6.08 Å². The molecule has 0 radical (unpaired) electrons. The van der Waals surface area contributed by atoms with Crippen LogP contribution < -0.4 is 5.73 Å². The number of nitro groups is 1. The fraction of sp³-hybridized carbons (Fsp3) is 0.556. The zero-order valence-corrected chi connectivity index (χ0v) is 7.32. The fourth-order valence-corrected chi connectivity index (χ4v) is 1.96. The van der Waals surface area contributed by atoms with Gasteiger partial charge >= 0.3 is 0 Å². The second-order valence-corrected chi connectivity index (χ2v) is 3.70. The van der Waals surface area contributed by atoms with E-state index in [2.05, 4.69) is 0 Å². The third-order valence-electron chi connectivity index (χ3n) is 2.74. The molecular weight excluding hydrogens is 168 g/mol. The van der Waals surface area contributed by atoms with Crippen molar-refractivity contribution in [3.63, 3.8) is 0 Å². The second-order valence-electron chi connectivity index (χ2n) is 3.70. The van der Waals surface area contributed by atoms with Crippen LogP contribution >= 0.6 is 0 Å². The molecule has 70 valence electrons. The normalized spacial score (nSPS) is 32.1. The van der Waals surface area contributed by atoms with Gasteiger partial charge in [-0.25, -0.2) is 0 Å². The molecule has 2 aliphatic rings. The molecule has 0 heterocycles. The third kappa shape index (κ3) is 1.27. The van der Waals surface area contributed by atoms with Crippen molar-refractivity contribution in [2.75, 3.05) is 0 Å². The lowest BCUT2D eigenvalue weighted by Gasteiger charge is -2.20. The van der Waals surface area contributed by atoms with Crippen LogP contribution in [-0.4, -0.2) is 10.6 Å². The summed E-state index contributed by atoms with van der Waals surface area (Å²) >= 11 is 0. The van der Waals surface area contributed by atoms with Crippen LogP contribution in [-0.2, 0) is 0 Å². The van der Waals surface area contributed by atoms with Crippen LogP contribution in [0.5, 0.6) is 0 Å². The summed E-state index contributed by atoms with van der Waals surface area (Å²) in [7, 11) is 0. The minimum atomic E-state index is -1.34. The van der Waals surface area contributed by atoms with Crippen molar-refractivity contribution in [2.24, 2.45) is 5.73 Å². The highest BCUT2D eigenvalue weighted by atomic mass is 16.6. The van der Waals surface area contributed by atoms with Crippen LogP contribution in [0.15, 0.2) is 23.3 Å². The lowest BCUT2D eigenvalue weighted by atomic mass is 9.93. The molecule has 0 spiro atoms. The first-order chi connectivity index (χ1) is 6.12. The van der Waals surface area contributed by atoms with Gasteiger partial charge in [-0.2, -0.15) is 0 Å². The Kier molecular flexibility index (Phi) is 1.73. The Labute approximate surface area is 76.3 Å². The van der Waals surface area contributed by atoms with Crippen molar-refractivity contribution >= 4 is 0 Å². The summed E-state index contributed by atoms with van der Waals surface area (Å²) in [6.07, 6.45) is 6.99. The molecule has 0 aromatic heterocycles. The van der Waals surface area contributed by atoms with Crippen molar-refractivity contribution in [2.45, 2.75) is 31.3 Å². The highest BCUT2D eigenvalue weighted by Crippen LogP contribution is 2.36. The van der Waals surface area contributed by atoms with E-state index in [-0.39, 0.29) is 0 Å². The Morgan fingerprint density at radius 2 is 2.15 bits per heavy atom. The summed E-state index contributed by atoms with van der Waals surface area (Å²) < 4.78 is 0. The van der Waals surface area contributed by atoms with Gasteiger partial charge in [-0.15, -0.1) is 0 Å². The zero-order valence-electron chi connectivity index (χ0n) is 7.32. The predicted molar refractivity (Wildman–Crippen MR) is 48.5 cm³/mol. The minimum Gasteiger partial charge on any atom is -0.262 e. The van der Waals surface area contributed by atoms with Gasteiger partial charge in [0.15, 0.2) is 0 Å². The lowest BCUT2D eigenvalue weighted by Crippen LogP contribution is -2.46. The van der Waals surface area contributed by atoms with Crippen LogP contribution in [0.4, 0.5) is 0 Å². The maximum atomic E-state index is 10.7. The standard InChI is InChI=1S/C9H12N2O2/c10-9(11(12)13)5-4-7-2-1-3-8(7)6-9/h4,6H,1-3,5,10H2. The summed E-state index contributed by atoms with van der Waals surface area (Å²) in [5.74, 6) is 0. The average Bonchev–Trinajstić information content (AvgIpc) is 2.50. The second kappa shape index (κ2) is 2.67. The topological polar surface area (TPSA) is 69.2 Å². The SMILES string of the molecule is NC1([N+](=O)[O-])C=C2CCCC2=CC1. The highest BCUT2D eigenvalue weighted by molar-refractivity contribution is 5.40. The summed E-state index contributed by atoms with van der Waals surface area (Å²) in [6.45, 7) is 0. The molecular formula is C9H12N2O2. The van der Waals surface area contributed by atoms with E-state index in [1.807, 2.05) is 6.08 Å². The van der Waals surface area contributed by atoms with Gasteiger partial charge in [-0.05, 0) is 30.4 Å². The molecule has 2 aliphatic carbocycles. The van der Waals surface area contributed by atoms with Gasteiger partial charge < -0.3 is 0 Å². The van der Waals surface area contributed by atoms with Crippen LogP contribution in [0.25, 0.3) is 0 Å².